The minimum atomic E-state index is -0.844. The Hall–Kier alpha value is -4.15. The van der Waals surface area contributed by atoms with E-state index < -0.39 is 17.5 Å². The molecule has 1 aromatic carbocycles. The highest BCUT2D eigenvalue weighted by Crippen LogP contribution is 2.25. The summed E-state index contributed by atoms with van der Waals surface area (Å²) in [6.07, 6.45) is 4.85. The van der Waals surface area contributed by atoms with Gasteiger partial charge in [-0.1, -0.05) is 6.07 Å². The SMILES string of the molecule is O=C(Cn1ncc2c(N3CCN(c4ccccn4)CC3)ncnc21)Nc1ccc(F)cc1F. The number of hydrogen-bond acceptors (Lipinski definition) is 7. The van der Waals surface area contributed by atoms with Crippen LogP contribution in [0.5, 0.6) is 0 Å². The van der Waals surface area contributed by atoms with E-state index in [1.54, 1.807) is 12.4 Å². The van der Waals surface area contributed by atoms with E-state index in [1.165, 1.54) is 17.1 Å². The molecular formula is C22H20F2N8O. The standard InChI is InChI=1S/C22H20F2N8O/c23-15-4-5-18(17(24)11-15)29-20(33)13-32-22-16(12-28-32)21(26-14-27-22)31-9-7-30(8-10-31)19-3-1-2-6-25-19/h1-6,11-12,14H,7-10,13H2,(H,29,33). The lowest BCUT2D eigenvalue weighted by atomic mass is 10.2. The van der Waals surface area contributed by atoms with Crippen molar-refractivity contribution in [2.24, 2.45) is 0 Å². The van der Waals surface area contributed by atoms with Crippen LogP contribution in [0.3, 0.4) is 0 Å². The number of amides is 1. The number of carbonyl (C=O) groups excluding carboxylic acids is 1. The minimum absolute atomic E-state index is 0.0982. The number of hydrogen-bond donors (Lipinski definition) is 1. The fraction of sp³-hybridized carbons (Fsp3) is 0.227. The lowest BCUT2D eigenvalue weighted by Crippen LogP contribution is -2.47. The molecule has 1 amide bonds. The summed E-state index contributed by atoms with van der Waals surface area (Å²) in [5, 5.41) is 7.44. The normalized spacial score (nSPS) is 14.0. The number of benzene rings is 1. The number of rotatable bonds is 5. The number of piperazine rings is 1. The Kier molecular flexibility index (Phi) is 5.51. The maximum atomic E-state index is 13.8. The quantitative estimate of drug-likeness (QED) is 0.499. The van der Waals surface area contributed by atoms with E-state index in [9.17, 15) is 13.6 Å². The van der Waals surface area contributed by atoms with E-state index in [-0.39, 0.29) is 12.2 Å². The van der Waals surface area contributed by atoms with Crippen molar-refractivity contribution >= 4 is 34.3 Å². The van der Waals surface area contributed by atoms with Crippen LogP contribution in [0.1, 0.15) is 0 Å². The molecular weight excluding hydrogens is 430 g/mol. The molecule has 0 aliphatic carbocycles. The number of pyridine rings is 1. The van der Waals surface area contributed by atoms with Crippen LogP contribution in [-0.2, 0) is 11.3 Å². The molecule has 33 heavy (non-hydrogen) atoms. The first-order valence-corrected chi connectivity index (χ1v) is 10.4. The molecule has 4 aromatic rings. The molecule has 168 valence electrons. The van der Waals surface area contributed by atoms with Crippen molar-refractivity contribution in [3.8, 4) is 0 Å². The van der Waals surface area contributed by atoms with Crippen LogP contribution >= 0.6 is 0 Å². The number of nitrogens with one attached hydrogen (secondary N) is 1. The Labute approximate surface area is 187 Å². The molecule has 3 aromatic heterocycles. The second-order valence-electron chi connectivity index (χ2n) is 7.57. The van der Waals surface area contributed by atoms with Gasteiger partial charge in [-0.15, -0.1) is 0 Å². The van der Waals surface area contributed by atoms with Crippen LogP contribution in [-0.4, -0.2) is 56.8 Å². The Morgan fingerprint density at radius 2 is 1.82 bits per heavy atom. The molecule has 0 bridgehead atoms. The zero-order chi connectivity index (χ0) is 22.8. The van der Waals surface area contributed by atoms with Crippen LogP contribution in [0.25, 0.3) is 11.0 Å². The van der Waals surface area contributed by atoms with Crippen LogP contribution in [0, 0.1) is 11.6 Å². The average molecular weight is 450 g/mol. The lowest BCUT2D eigenvalue weighted by Gasteiger charge is -2.36. The monoisotopic (exact) mass is 450 g/mol. The maximum Gasteiger partial charge on any atom is 0.246 e. The first kappa shape index (κ1) is 20.7. The van der Waals surface area contributed by atoms with Crippen molar-refractivity contribution < 1.29 is 13.6 Å². The second-order valence-corrected chi connectivity index (χ2v) is 7.57. The van der Waals surface area contributed by atoms with Crippen LogP contribution < -0.4 is 15.1 Å². The number of anilines is 3. The summed E-state index contributed by atoms with van der Waals surface area (Å²) in [6.45, 7) is 2.91. The Morgan fingerprint density at radius 1 is 1.00 bits per heavy atom. The smallest absolute Gasteiger partial charge is 0.246 e. The molecule has 11 heteroatoms. The Bertz CT molecular complexity index is 1290. The molecule has 0 atom stereocenters. The van der Waals surface area contributed by atoms with Crippen LogP contribution in [0.2, 0.25) is 0 Å². The van der Waals surface area contributed by atoms with Gasteiger partial charge in [0.05, 0.1) is 17.3 Å². The highest BCUT2D eigenvalue weighted by molar-refractivity contribution is 5.92. The zero-order valence-electron chi connectivity index (χ0n) is 17.5. The van der Waals surface area contributed by atoms with Gasteiger partial charge in [0, 0.05) is 38.4 Å². The molecule has 0 radical (unpaired) electrons. The summed E-state index contributed by atoms with van der Waals surface area (Å²) in [5.41, 5.74) is 0.404. The van der Waals surface area contributed by atoms with E-state index in [1.807, 2.05) is 18.2 Å². The molecule has 4 heterocycles. The van der Waals surface area contributed by atoms with Gasteiger partial charge in [-0.3, -0.25) is 4.79 Å². The Balaban J connectivity index is 1.30. The van der Waals surface area contributed by atoms with Gasteiger partial charge in [0.1, 0.15) is 36.1 Å². The van der Waals surface area contributed by atoms with Crippen molar-refractivity contribution in [1.29, 1.82) is 0 Å². The van der Waals surface area contributed by atoms with Gasteiger partial charge in [-0.05, 0) is 24.3 Å². The van der Waals surface area contributed by atoms with Gasteiger partial charge in [-0.2, -0.15) is 5.10 Å². The van der Waals surface area contributed by atoms with Gasteiger partial charge < -0.3 is 15.1 Å². The third-order valence-corrected chi connectivity index (χ3v) is 5.46. The first-order chi connectivity index (χ1) is 16.1. The van der Waals surface area contributed by atoms with Gasteiger partial charge in [0.2, 0.25) is 5.91 Å². The lowest BCUT2D eigenvalue weighted by molar-refractivity contribution is -0.116. The highest BCUT2D eigenvalue weighted by Gasteiger charge is 2.22. The summed E-state index contributed by atoms with van der Waals surface area (Å²) in [4.78, 5) is 29.9. The number of nitrogens with zero attached hydrogens (tertiary/aromatic N) is 7. The van der Waals surface area contributed by atoms with Gasteiger partial charge in [0.15, 0.2) is 5.65 Å². The van der Waals surface area contributed by atoms with E-state index in [0.717, 1.165) is 49.3 Å². The number of aromatic nitrogens is 5. The fourth-order valence-electron chi connectivity index (χ4n) is 3.85. The van der Waals surface area contributed by atoms with Crippen molar-refractivity contribution in [3.05, 3.63) is 66.8 Å². The van der Waals surface area contributed by atoms with E-state index in [4.69, 9.17) is 0 Å². The van der Waals surface area contributed by atoms with E-state index >= 15 is 0 Å². The number of carbonyl (C=O) groups is 1. The fourth-order valence-corrected chi connectivity index (χ4v) is 3.85. The summed E-state index contributed by atoms with van der Waals surface area (Å²) >= 11 is 0. The van der Waals surface area contributed by atoms with Crippen molar-refractivity contribution in [2.45, 2.75) is 6.54 Å². The summed E-state index contributed by atoms with van der Waals surface area (Å²) < 4.78 is 28.3. The minimum Gasteiger partial charge on any atom is -0.353 e. The van der Waals surface area contributed by atoms with Crippen molar-refractivity contribution in [1.82, 2.24) is 24.7 Å². The van der Waals surface area contributed by atoms with Crippen molar-refractivity contribution in [3.63, 3.8) is 0 Å². The average Bonchev–Trinajstić information content (AvgIpc) is 3.24. The van der Waals surface area contributed by atoms with Crippen LogP contribution in [0.4, 0.5) is 26.1 Å². The summed E-state index contributed by atoms with van der Waals surface area (Å²) in [5.74, 6) is -0.371. The molecule has 5 rings (SSSR count). The molecule has 0 unspecified atom stereocenters. The van der Waals surface area contributed by atoms with Crippen LogP contribution in [0.15, 0.2) is 55.1 Å². The van der Waals surface area contributed by atoms with E-state index in [2.05, 4.69) is 35.2 Å². The van der Waals surface area contributed by atoms with Gasteiger partial charge in [-0.25, -0.2) is 28.4 Å². The van der Waals surface area contributed by atoms with Gasteiger partial charge in [0.25, 0.3) is 0 Å². The Morgan fingerprint density at radius 3 is 2.58 bits per heavy atom. The van der Waals surface area contributed by atoms with Gasteiger partial charge >= 0.3 is 0 Å². The number of fused-ring (bicyclic) bond motifs is 1. The largest absolute Gasteiger partial charge is 0.353 e. The summed E-state index contributed by atoms with van der Waals surface area (Å²) in [7, 11) is 0. The van der Waals surface area contributed by atoms with E-state index in [0.29, 0.717) is 11.7 Å². The molecule has 0 spiro atoms. The molecule has 1 aliphatic rings. The van der Waals surface area contributed by atoms with Crippen molar-refractivity contribution in [2.75, 3.05) is 41.3 Å². The first-order valence-electron chi connectivity index (χ1n) is 10.4. The maximum absolute atomic E-state index is 13.8. The molecule has 1 N–H and O–H groups in total. The third kappa shape index (κ3) is 4.29. The zero-order valence-corrected chi connectivity index (χ0v) is 17.5. The molecule has 0 saturated carbocycles. The molecule has 1 saturated heterocycles. The third-order valence-electron chi connectivity index (χ3n) is 5.46. The predicted octanol–water partition coefficient (Wildman–Crippen LogP) is 2.46. The number of halogens is 2. The molecule has 9 nitrogen and oxygen atoms in total. The highest BCUT2D eigenvalue weighted by atomic mass is 19.1. The second kappa shape index (κ2) is 8.77. The predicted molar refractivity (Wildman–Crippen MR) is 119 cm³/mol. The summed E-state index contributed by atoms with van der Waals surface area (Å²) in [6, 6.07) is 8.82. The molecule has 1 fully saturated rings. The topological polar surface area (TPSA) is 92.1 Å². The molecule has 1 aliphatic heterocycles.